The first-order chi connectivity index (χ1) is 12.5. The number of hydrogen-bond acceptors (Lipinski definition) is 4. The van der Waals surface area contributed by atoms with E-state index in [0.717, 1.165) is 30.9 Å². The van der Waals surface area contributed by atoms with Crippen LogP contribution in [0.2, 0.25) is 0 Å². The van der Waals surface area contributed by atoms with Crippen molar-refractivity contribution >= 4 is 11.7 Å². The Morgan fingerprint density at radius 1 is 1.19 bits per heavy atom. The van der Waals surface area contributed by atoms with Gasteiger partial charge in [0.05, 0.1) is 12.8 Å². The predicted molar refractivity (Wildman–Crippen MR) is 103 cm³/mol. The van der Waals surface area contributed by atoms with Crippen molar-refractivity contribution in [1.29, 1.82) is 0 Å². The fraction of sp³-hybridized carbons (Fsp3) is 0.381. The molecule has 0 aromatic heterocycles. The molecule has 138 valence electrons. The van der Waals surface area contributed by atoms with Crippen LogP contribution in [0, 0.1) is 6.92 Å². The Hall–Kier alpha value is -2.53. The molecule has 2 aromatic carbocycles. The van der Waals surface area contributed by atoms with E-state index in [2.05, 4.69) is 22.3 Å². The Morgan fingerprint density at radius 3 is 2.50 bits per heavy atom. The van der Waals surface area contributed by atoms with Gasteiger partial charge in [0.15, 0.2) is 0 Å². The third kappa shape index (κ3) is 3.99. The number of carboxylic acids is 1. The van der Waals surface area contributed by atoms with Gasteiger partial charge in [-0.2, -0.15) is 0 Å². The molecule has 0 unspecified atom stereocenters. The SMILES string of the molecule is COc1ccc(C)cc1NC1(C(=O)O)CCN(Cc2ccccc2)CC1. The molecule has 0 saturated carbocycles. The van der Waals surface area contributed by atoms with E-state index in [1.807, 2.05) is 43.3 Å². The predicted octanol–water partition coefficient (Wildman–Crippen LogP) is 3.53. The number of nitrogens with one attached hydrogen (secondary N) is 1. The number of rotatable bonds is 6. The molecule has 1 heterocycles. The van der Waals surface area contributed by atoms with E-state index in [4.69, 9.17) is 4.74 Å². The third-order valence-electron chi connectivity index (χ3n) is 5.10. The fourth-order valence-electron chi connectivity index (χ4n) is 3.50. The highest BCUT2D eigenvalue weighted by Crippen LogP contribution is 2.33. The number of methoxy groups -OCH3 is 1. The molecule has 1 fully saturated rings. The number of hydrogen-bond donors (Lipinski definition) is 2. The number of carboxylic acid groups (broad SMARTS) is 1. The maximum Gasteiger partial charge on any atom is 0.329 e. The van der Waals surface area contributed by atoms with Gasteiger partial charge in [-0.3, -0.25) is 4.90 Å². The van der Waals surface area contributed by atoms with Gasteiger partial charge in [0.2, 0.25) is 0 Å². The van der Waals surface area contributed by atoms with Crippen molar-refractivity contribution in [2.45, 2.75) is 31.8 Å². The van der Waals surface area contributed by atoms with Crippen LogP contribution in [0.3, 0.4) is 0 Å². The minimum Gasteiger partial charge on any atom is -0.495 e. The lowest BCUT2D eigenvalue weighted by molar-refractivity contribution is -0.144. The summed E-state index contributed by atoms with van der Waals surface area (Å²) >= 11 is 0. The number of piperidine rings is 1. The highest BCUT2D eigenvalue weighted by atomic mass is 16.5. The Balaban J connectivity index is 1.73. The van der Waals surface area contributed by atoms with Crippen LogP contribution in [0.4, 0.5) is 5.69 Å². The van der Waals surface area contributed by atoms with Crippen molar-refractivity contribution in [3.63, 3.8) is 0 Å². The minimum absolute atomic E-state index is 0.548. The van der Waals surface area contributed by atoms with E-state index >= 15 is 0 Å². The summed E-state index contributed by atoms with van der Waals surface area (Å²) in [5.74, 6) is -0.136. The lowest BCUT2D eigenvalue weighted by atomic mass is 9.86. The Bertz CT molecular complexity index is 753. The second-order valence-corrected chi connectivity index (χ2v) is 6.98. The smallest absolute Gasteiger partial charge is 0.329 e. The summed E-state index contributed by atoms with van der Waals surface area (Å²) in [5, 5.41) is 13.2. The summed E-state index contributed by atoms with van der Waals surface area (Å²) in [4.78, 5) is 14.4. The van der Waals surface area contributed by atoms with Gasteiger partial charge in [-0.05, 0) is 43.0 Å². The van der Waals surface area contributed by atoms with Crippen LogP contribution >= 0.6 is 0 Å². The molecule has 0 spiro atoms. The summed E-state index contributed by atoms with van der Waals surface area (Å²) in [6, 6.07) is 16.1. The third-order valence-corrected chi connectivity index (χ3v) is 5.10. The maximum absolute atomic E-state index is 12.1. The highest BCUT2D eigenvalue weighted by molar-refractivity contribution is 5.84. The monoisotopic (exact) mass is 354 g/mol. The average molecular weight is 354 g/mol. The van der Waals surface area contributed by atoms with Crippen LogP contribution < -0.4 is 10.1 Å². The largest absolute Gasteiger partial charge is 0.495 e. The molecule has 0 bridgehead atoms. The van der Waals surface area contributed by atoms with E-state index in [1.54, 1.807) is 7.11 Å². The zero-order valence-electron chi connectivity index (χ0n) is 15.4. The first-order valence-corrected chi connectivity index (χ1v) is 8.95. The number of likely N-dealkylation sites (tertiary alicyclic amines) is 1. The first-order valence-electron chi connectivity index (χ1n) is 8.95. The van der Waals surface area contributed by atoms with E-state index in [9.17, 15) is 9.90 Å². The zero-order chi connectivity index (χ0) is 18.6. The fourth-order valence-corrected chi connectivity index (χ4v) is 3.50. The van der Waals surface area contributed by atoms with Gasteiger partial charge in [-0.15, -0.1) is 0 Å². The number of anilines is 1. The normalized spacial score (nSPS) is 16.8. The van der Waals surface area contributed by atoms with E-state index in [-0.39, 0.29) is 0 Å². The molecule has 1 saturated heterocycles. The molecule has 5 nitrogen and oxygen atoms in total. The molecule has 0 aliphatic carbocycles. The standard InChI is InChI=1S/C21H26N2O3/c1-16-8-9-19(26-2)18(14-16)22-21(20(24)25)10-12-23(13-11-21)15-17-6-4-3-5-7-17/h3-9,14,22H,10-13,15H2,1-2H3,(H,24,25). The summed E-state index contributed by atoms with van der Waals surface area (Å²) in [7, 11) is 1.60. The van der Waals surface area contributed by atoms with Gasteiger partial charge in [0.1, 0.15) is 11.3 Å². The van der Waals surface area contributed by atoms with E-state index in [1.165, 1.54) is 5.56 Å². The highest BCUT2D eigenvalue weighted by Gasteiger charge is 2.42. The Morgan fingerprint density at radius 2 is 1.88 bits per heavy atom. The van der Waals surface area contributed by atoms with Gasteiger partial charge in [-0.1, -0.05) is 36.4 Å². The van der Waals surface area contributed by atoms with Gasteiger partial charge in [0.25, 0.3) is 0 Å². The van der Waals surface area contributed by atoms with Crippen LogP contribution in [0.25, 0.3) is 0 Å². The lowest BCUT2D eigenvalue weighted by Gasteiger charge is -2.40. The van der Waals surface area contributed by atoms with Crippen molar-refractivity contribution in [1.82, 2.24) is 4.90 Å². The van der Waals surface area contributed by atoms with Crippen molar-refractivity contribution in [3.8, 4) is 5.75 Å². The number of aliphatic carboxylic acids is 1. The Kier molecular flexibility index (Phi) is 5.47. The molecule has 1 aliphatic rings. The van der Waals surface area contributed by atoms with Crippen molar-refractivity contribution in [2.24, 2.45) is 0 Å². The minimum atomic E-state index is -0.964. The second kappa shape index (κ2) is 7.79. The summed E-state index contributed by atoms with van der Waals surface area (Å²) < 4.78 is 5.40. The van der Waals surface area contributed by atoms with Crippen LogP contribution in [0.15, 0.2) is 48.5 Å². The Labute approximate surface area is 154 Å². The van der Waals surface area contributed by atoms with Crippen LogP contribution in [0.1, 0.15) is 24.0 Å². The van der Waals surface area contributed by atoms with Crippen LogP contribution in [-0.2, 0) is 11.3 Å². The number of ether oxygens (including phenoxy) is 1. The van der Waals surface area contributed by atoms with Crippen LogP contribution in [-0.4, -0.2) is 41.7 Å². The van der Waals surface area contributed by atoms with Gasteiger partial charge >= 0.3 is 5.97 Å². The second-order valence-electron chi connectivity index (χ2n) is 6.98. The summed E-state index contributed by atoms with van der Waals surface area (Å²) in [5.41, 5.74) is 2.10. The van der Waals surface area contributed by atoms with Crippen molar-refractivity contribution in [2.75, 3.05) is 25.5 Å². The molecular formula is C21H26N2O3. The molecule has 2 N–H and O–H groups in total. The topological polar surface area (TPSA) is 61.8 Å². The quantitative estimate of drug-likeness (QED) is 0.831. The van der Waals surface area contributed by atoms with Crippen molar-refractivity contribution < 1.29 is 14.6 Å². The molecule has 0 amide bonds. The number of aryl methyl sites for hydroxylation is 1. The van der Waals surface area contributed by atoms with Crippen molar-refractivity contribution in [3.05, 3.63) is 59.7 Å². The maximum atomic E-state index is 12.1. The molecule has 5 heteroatoms. The lowest BCUT2D eigenvalue weighted by Crippen LogP contribution is -2.54. The number of nitrogens with zero attached hydrogens (tertiary/aromatic N) is 1. The molecule has 26 heavy (non-hydrogen) atoms. The van der Waals surface area contributed by atoms with Crippen LogP contribution in [0.5, 0.6) is 5.75 Å². The van der Waals surface area contributed by atoms with Gasteiger partial charge < -0.3 is 15.2 Å². The average Bonchev–Trinajstić information content (AvgIpc) is 2.64. The van der Waals surface area contributed by atoms with E-state index < -0.39 is 11.5 Å². The number of carbonyl (C=O) groups is 1. The molecule has 2 aromatic rings. The number of benzene rings is 2. The molecular weight excluding hydrogens is 328 g/mol. The molecule has 0 radical (unpaired) electrons. The van der Waals surface area contributed by atoms with Gasteiger partial charge in [0, 0.05) is 19.6 Å². The zero-order valence-corrected chi connectivity index (χ0v) is 15.4. The molecule has 0 atom stereocenters. The molecule has 3 rings (SSSR count). The van der Waals surface area contributed by atoms with E-state index in [0.29, 0.717) is 18.6 Å². The summed E-state index contributed by atoms with van der Waals surface area (Å²) in [6.45, 7) is 4.31. The molecule has 1 aliphatic heterocycles. The summed E-state index contributed by atoms with van der Waals surface area (Å²) in [6.07, 6.45) is 1.10. The first kappa shape index (κ1) is 18.3. The van der Waals surface area contributed by atoms with Gasteiger partial charge in [-0.25, -0.2) is 4.79 Å².